The van der Waals surface area contributed by atoms with E-state index in [0.29, 0.717) is 0 Å². The molecule has 1 unspecified atom stereocenters. The van der Waals surface area contributed by atoms with Crippen molar-refractivity contribution >= 4 is 29.2 Å². The highest BCUT2D eigenvalue weighted by Crippen LogP contribution is 2.16. The zero-order chi connectivity index (χ0) is 9.90. The van der Waals surface area contributed by atoms with E-state index in [9.17, 15) is 0 Å². The van der Waals surface area contributed by atoms with Crippen LogP contribution in [0, 0.1) is 0 Å². The van der Waals surface area contributed by atoms with Crippen LogP contribution in [0.2, 0.25) is 13.1 Å². The third kappa shape index (κ3) is 2.42. The zero-order valence-corrected chi connectivity index (χ0v) is 10.8. The van der Waals surface area contributed by atoms with Crippen molar-refractivity contribution in [1.29, 1.82) is 0 Å². The number of halogens is 1. The predicted octanol–water partition coefficient (Wildman–Crippen LogP) is 2.51. The Labute approximate surface area is 89.3 Å². The second-order valence-corrected chi connectivity index (χ2v) is 9.86. The van der Waals surface area contributed by atoms with Crippen LogP contribution in [0.4, 0.5) is 0 Å². The standard InChI is InChI=1S/C10H15BrOSi/c1-12-10(11)13(2,3)9-7-5-4-6-8-9/h4-8,10H,1-3H3. The molecule has 0 saturated heterocycles. The maximum absolute atomic E-state index is 5.35. The highest BCUT2D eigenvalue weighted by Gasteiger charge is 2.31. The molecule has 0 aromatic heterocycles. The Morgan fingerprint density at radius 3 is 2.23 bits per heavy atom. The van der Waals surface area contributed by atoms with Gasteiger partial charge in [0.15, 0.2) is 0 Å². The van der Waals surface area contributed by atoms with Gasteiger partial charge in [0.05, 0.1) is 0 Å². The van der Waals surface area contributed by atoms with Gasteiger partial charge in [-0.2, -0.15) is 0 Å². The fourth-order valence-electron chi connectivity index (χ4n) is 1.29. The minimum Gasteiger partial charge on any atom is -0.374 e. The molecule has 0 aliphatic heterocycles. The summed E-state index contributed by atoms with van der Waals surface area (Å²) in [6.07, 6.45) is 0. The summed E-state index contributed by atoms with van der Waals surface area (Å²) in [5, 5.41) is 1.42. The van der Waals surface area contributed by atoms with Gasteiger partial charge < -0.3 is 4.74 Å². The summed E-state index contributed by atoms with van der Waals surface area (Å²) < 4.78 is 5.53. The average molecular weight is 259 g/mol. The first kappa shape index (κ1) is 11.0. The summed E-state index contributed by atoms with van der Waals surface area (Å²) in [6, 6.07) is 10.6. The lowest BCUT2D eigenvalue weighted by Gasteiger charge is -2.27. The molecule has 1 aromatic carbocycles. The topological polar surface area (TPSA) is 9.23 Å². The molecule has 1 aromatic rings. The first-order valence-corrected chi connectivity index (χ1v) is 8.30. The minimum atomic E-state index is -1.49. The maximum Gasteiger partial charge on any atom is 0.126 e. The highest BCUT2D eigenvalue weighted by molar-refractivity contribution is 9.10. The fraction of sp³-hybridized carbons (Fsp3) is 0.400. The lowest BCUT2D eigenvalue weighted by Crippen LogP contribution is -2.50. The number of methoxy groups -OCH3 is 1. The van der Waals surface area contributed by atoms with Gasteiger partial charge in [0, 0.05) is 7.11 Å². The molecule has 0 N–H and O–H groups in total. The quantitative estimate of drug-likeness (QED) is 0.598. The minimum absolute atomic E-state index is 0.183. The average Bonchev–Trinajstić information content (AvgIpc) is 2.18. The molecule has 1 atom stereocenters. The van der Waals surface area contributed by atoms with Crippen molar-refractivity contribution in [2.24, 2.45) is 0 Å². The summed E-state index contributed by atoms with van der Waals surface area (Å²) in [6.45, 7) is 4.59. The molecule has 3 heteroatoms. The van der Waals surface area contributed by atoms with Crippen LogP contribution < -0.4 is 5.19 Å². The highest BCUT2D eigenvalue weighted by atomic mass is 79.9. The number of alkyl halides is 1. The molecule has 0 aliphatic rings. The van der Waals surface area contributed by atoms with Gasteiger partial charge in [-0.05, 0) is 0 Å². The summed E-state index contributed by atoms with van der Waals surface area (Å²) in [5.74, 6) is 0. The Bertz CT molecular complexity index is 261. The first-order valence-electron chi connectivity index (χ1n) is 4.31. The van der Waals surface area contributed by atoms with E-state index in [-0.39, 0.29) is 4.64 Å². The van der Waals surface area contributed by atoms with Gasteiger partial charge in [0.25, 0.3) is 0 Å². The molecule has 1 nitrogen and oxygen atoms in total. The van der Waals surface area contributed by atoms with Crippen molar-refractivity contribution < 1.29 is 4.74 Å². The van der Waals surface area contributed by atoms with Crippen molar-refractivity contribution in [3.8, 4) is 0 Å². The van der Waals surface area contributed by atoms with Crippen molar-refractivity contribution in [3.05, 3.63) is 30.3 Å². The van der Waals surface area contributed by atoms with E-state index in [4.69, 9.17) is 4.74 Å². The van der Waals surface area contributed by atoms with E-state index in [1.54, 1.807) is 7.11 Å². The molecule has 0 fully saturated rings. The lowest BCUT2D eigenvalue weighted by molar-refractivity contribution is 0.227. The summed E-state index contributed by atoms with van der Waals surface area (Å²) in [5.41, 5.74) is 0. The Morgan fingerprint density at radius 2 is 1.77 bits per heavy atom. The van der Waals surface area contributed by atoms with E-state index in [0.717, 1.165) is 0 Å². The number of hydrogen-bond acceptors (Lipinski definition) is 1. The Hall–Kier alpha value is -0.123. The monoisotopic (exact) mass is 258 g/mol. The summed E-state index contributed by atoms with van der Waals surface area (Å²) >= 11 is 3.57. The predicted molar refractivity (Wildman–Crippen MR) is 63.3 cm³/mol. The van der Waals surface area contributed by atoms with Crippen LogP contribution >= 0.6 is 15.9 Å². The molecule has 0 spiro atoms. The van der Waals surface area contributed by atoms with Crippen LogP contribution in [0.3, 0.4) is 0 Å². The second-order valence-electron chi connectivity index (χ2n) is 3.64. The second kappa shape index (κ2) is 4.40. The SMILES string of the molecule is COC(Br)[Si](C)(C)c1ccccc1. The molecule has 0 heterocycles. The van der Waals surface area contributed by atoms with E-state index < -0.39 is 8.07 Å². The largest absolute Gasteiger partial charge is 0.374 e. The Balaban J connectivity index is 2.93. The van der Waals surface area contributed by atoms with E-state index >= 15 is 0 Å². The zero-order valence-electron chi connectivity index (χ0n) is 8.25. The number of ether oxygens (including phenoxy) is 1. The van der Waals surface area contributed by atoms with Crippen LogP contribution in [0.1, 0.15) is 0 Å². The molecular formula is C10H15BrOSi. The number of benzene rings is 1. The number of hydrogen-bond donors (Lipinski definition) is 0. The molecule has 72 valence electrons. The van der Waals surface area contributed by atoms with Crippen LogP contribution in [0.15, 0.2) is 30.3 Å². The van der Waals surface area contributed by atoms with Crippen LogP contribution in [-0.2, 0) is 4.74 Å². The van der Waals surface area contributed by atoms with Crippen molar-refractivity contribution in [3.63, 3.8) is 0 Å². The summed E-state index contributed by atoms with van der Waals surface area (Å²) in [7, 11) is 0.259. The van der Waals surface area contributed by atoms with Crippen molar-refractivity contribution in [2.45, 2.75) is 17.7 Å². The summed E-state index contributed by atoms with van der Waals surface area (Å²) in [4.78, 5) is 0. The van der Waals surface area contributed by atoms with Crippen molar-refractivity contribution in [1.82, 2.24) is 0 Å². The molecule has 13 heavy (non-hydrogen) atoms. The maximum atomic E-state index is 5.35. The first-order chi connectivity index (χ1) is 6.09. The van der Waals surface area contributed by atoms with Gasteiger partial charge in [0.2, 0.25) is 0 Å². The molecule has 0 saturated carbocycles. The molecular weight excluding hydrogens is 244 g/mol. The van der Waals surface area contributed by atoms with Gasteiger partial charge in [-0.3, -0.25) is 0 Å². The van der Waals surface area contributed by atoms with Crippen LogP contribution in [0.25, 0.3) is 0 Å². The third-order valence-corrected chi connectivity index (χ3v) is 9.29. The number of rotatable bonds is 3. The third-order valence-electron chi connectivity index (χ3n) is 2.29. The van der Waals surface area contributed by atoms with Gasteiger partial charge in [0.1, 0.15) is 12.7 Å². The van der Waals surface area contributed by atoms with Crippen LogP contribution in [-0.4, -0.2) is 19.8 Å². The van der Waals surface area contributed by atoms with Gasteiger partial charge in [-0.1, -0.05) is 64.5 Å². The van der Waals surface area contributed by atoms with Gasteiger partial charge in [-0.25, -0.2) is 0 Å². The fourth-order valence-corrected chi connectivity index (χ4v) is 3.99. The molecule has 0 bridgehead atoms. The normalized spacial score (nSPS) is 14.2. The van der Waals surface area contributed by atoms with Crippen LogP contribution in [0.5, 0.6) is 0 Å². The van der Waals surface area contributed by atoms with E-state index in [2.05, 4.69) is 53.3 Å². The van der Waals surface area contributed by atoms with Crippen molar-refractivity contribution in [2.75, 3.05) is 7.11 Å². The molecule has 0 aliphatic carbocycles. The lowest BCUT2D eigenvalue weighted by atomic mass is 10.4. The van der Waals surface area contributed by atoms with Gasteiger partial charge in [-0.15, -0.1) is 0 Å². The molecule has 1 rings (SSSR count). The van der Waals surface area contributed by atoms with E-state index in [1.165, 1.54) is 5.19 Å². The van der Waals surface area contributed by atoms with E-state index in [1.807, 2.05) is 6.07 Å². The smallest absolute Gasteiger partial charge is 0.126 e. The van der Waals surface area contributed by atoms with Gasteiger partial charge >= 0.3 is 0 Å². The molecule has 0 amide bonds. The Morgan fingerprint density at radius 1 is 1.23 bits per heavy atom. The Kier molecular flexibility index (Phi) is 3.70. The molecule has 0 radical (unpaired) electrons.